The van der Waals surface area contributed by atoms with E-state index in [2.05, 4.69) is 27.2 Å². The molecule has 2 aromatic heterocycles. The summed E-state index contributed by atoms with van der Waals surface area (Å²) in [5.41, 5.74) is 9.38. The SMILES string of the molecule is COc1cc2nc(=S)n(CCNC(=O)c3cccc(-c4ccc(C(=O)N5CCN(C)CC5)cc4)n3)c(N)c2cc1OC. The molecule has 2 amide bonds. The molecule has 12 heteroatoms. The van der Waals surface area contributed by atoms with Crippen LogP contribution in [-0.2, 0) is 6.54 Å². The molecule has 3 heterocycles. The molecule has 11 nitrogen and oxygen atoms in total. The van der Waals surface area contributed by atoms with Crippen molar-refractivity contribution >= 4 is 40.8 Å². The first kappa shape index (κ1) is 29.0. The molecule has 4 aromatic rings. The number of anilines is 1. The number of carbonyl (C=O) groups excluding carboxylic acids is 2. The molecule has 0 saturated carbocycles. The maximum Gasteiger partial charge on any atom is 0.269 e. The number of methoxy groups -OCH3 is 2. The number of amides is 2. The summed E-state index contributed by atoms with van der Waals surface area (Å²) in [5.74, 6) is 1.16. The van der Waals surface area contributed by atoms with Gasteiger partial charge in [-0.2, -0.15) is 0 Å². The van der Waals surface area contributed by atoms with Crippen molar-refractivity contribution in [3.8, 4) is 22.8 Å². The summed E-state index contributed by atoms with van der Waals surface area (Å²) in [6.45, 7) is 3.75. The number of hydrogen-bond donors (Lipinski definition) is 2. The number of hydrogen-bond acceptors (Lipinski definition) is 9. The van der Waals surface area contributed by atoms with Crippen molar-refractivity contribution in [2.45, 2.75) is 6.54 Å². The highest BCUT2D eigenvalue weighted by molar-refractivity contribution is 7.71. The second-order valence-electron chi connectivity index (χ2n) is 9.99. The fourth-order valence-corrected chi connectivity index (χ4v) is 5.15. The monoisotopic (exact) mass is 587 g/mol. The molecule has 1 aliphatic heterocycles. The van der Waals surface area contributed by atoms with Crippen molar-refractivity contribution in [2.24, 2.45) is 0 Å². The van der Waals surface area contributed by atoms with Gasteiger partial charge in [-0.05, 0) is 49.6 Å². The third-order valence-electron chi connectivity index (χ3n) is 7.34. The Labute approximate surface area is 248 Å². The average molecular weight is 588 g/mol. The molecule has 1 saturated heterocycles. The number of likely N-dealkylation sites (N-methyl/N-ethyl adjacent to an activating group) is 1. The summed E-state index contributed by atoms with van der Waals surface area (Å²) in [6.07, 6.45) is 0. The zero-order valence-electron chi connectivity index (χ0n) is 23.8. The lowest BCUT2D eigenvalue weighted by atomic mass is 10.1. The van der Waals surface area contributed by atoms with Crippen molar-refractivity contribution in [3.63, 3.8) is 0 Å². The molecule has 0 atom stereocenters. The number of nitrogens with one attached hydrogen (secondary N) is 1. The molecule has 0 unspecified atom stereocenters. The van der Waals surface area contributed by atoms with Gasteiger partial charge in [-0.15, -0.1) is 0 Å². The van der Waals surface area contributed by atoms with E-state index in [-0.39, 0.29) is 28.8 Å². The van der Waals surface area contributed by atoms with Crippen LogP contribution in [0.4, 0.5) is 5.82 Å². The minimum absolute atomic E-state index is 0.0250. The molecule has 0 radical (unpaired) electrons. The zero-order valence-corrected chi connectivity index (χ0v) is 24.6. The van der Waals surface area contributed by atoms with Crippen LogP contribution in [-0.4, -0.2) is 90.1 Å². The van der Waals surface area contributed by atoms with Gasteiger partial charge in [0.15, 0.2) is 11.5 Å². The number of carbonyl (C=O) groups is 2. The van der Waals surface area contributed by atoms with E-state index in [4.69, 9.17) is 27.4 Å². The van der Waals surface area contributed by atoms with E-state index in [9.17, 15) is 9.59 Å². The molecule has 0 aliphatic carbocycles. The zero-order chi connectivity index (χ0) is 29.8. The van der Waals surface area contributed by atoms with Crippen molar-refractivity contribution in [3.05, 3.63) is 70.6 Å². The standard InChI is InChI=1S/C30H33N7O4S/c1-35-13-15-36(16-14-35)29(39)20-9-7-19(8-10-20)22-5-4-6-23(33-22)28(38)32-11-12-37-27(31)21-17-25(40-2)26(41-3)18-24(21)34-30(37)42/h4-10,17-18H,11-16,31H2,1-3H3,(H,32,38). The molecule has 5 rings (SSSR count). The predicted molar refractivity (Wildman–Crippen MR) is 163 cm³/mol. The molecule has 1 fully saturated rings. The fraction of sp³-hybridized carbons (Fsp3) is 0.300. The number of benzene rings is 2. The first-order chi connectivity index (χ1) is 20.3. The Kier molecular flexibility index (Phi) is 8.64. The third kappa shape index (κ3) is 6.04. The lowest BCUT2D eigenvalue weighted by Crippen LogP contribution is -2.47. The van der Waals surface area contributed by atoms with E-state index in [0.717, 1.165) is 31.7 Å². The normalized spacial score (nSPS) is 13.6. The Bertz CT molecular complexity index is 1680. The first-order valence-corrected chi connectivity index (χ1v) is 14.0. The van der Waals surface area contributed by atoms with Crippen LogP contribution < -0.4 is 20.5 Å². The van der Waals surface area contributed by atoms with Gasteiger partial charge in [0.1, 0.15) is 11.5 Å². The Morgan fingerprint density at radius 3 is 2.36 bits per heavy atom. The maximum absolute atomic E-state index is 13.0. The van der Waals surface area contributed by atoms with Crippen LogP contribution in [0.1, 0.15) is 20.8 Å². The number of nitrogens with zero attached hydrogens (tertiary/aromatic N) is 5. The second-order valence-corrected chi connectivity index (χ2v) is 10.4. The minimum atomic E-state index is -0.330. The van der Waals surface area contributed by atoms with Crippen LogP contribution in [0.15, 0.2) is 54.6 Å². The number of pyridine rings is 1. The summed E-state index contributed by atoms with van der Waals surface area (Å²) in [7, 11) is 5.15. The molecular weight excluding hydrogens is 554 g/mol. The molecule has 1 aliphatic rings. The summed E-state index contributed by atoms with van der Waals surface area (Å²) in [4.78, 5) is 38.9. The first-order valence-electron chi connectivity index (χ1n) is 13.5. The number of fused-ring (bicyclic) bond motifs is 1. The van der Waals surface area contributed by atoms with Gasteiger partial charge in [-0.1, -0.05) is 18.2 Å². The molecular formula is C30H33N7O4S. The van der Waals surface area contributed by atoms with Gasteiger partial charge < -0.3 is 34.9 Å². The Hall–Kier alpha value is -4.55. The predicted octanol–water partition coefficient (Wildman–Crippen LogP) is 3.24. The lowest BCUT2D eigenvalue weighted by molar-refractivity contribution is 0.0664. The van der Waals surface area contributed by atoms with Crippen LogP contribution in [0.5, 0.6) is 11.5 Å². The maximum atomic E-state index is 13.0. The van der Waals surface area contributed by atoms with Gasteiger partial charge in [0.2, 0.25) is 4.77 Å². The van der Waals surface area contributed by atoms with Crippen molar-refractivity contribution in [2.75, 3.05) is 59.7 Å². The van der Waals surface area contributed by atoms with Crippen LogP contribution >= 0.6 is 12.2 Å². The molecule has 218 valence electrons. The van der Waals surface area contributed by atoms with E-state index in [1.807, 2.05) is 35.2 Å². The van der Waals surface area contributed by atoms with Crippen molar-refractivity contribution in [1.29, 1.82) is 0 Å². The molecule has 42 heavy (non-hydrogen) atoms. The molecule has 2 aromatic carbocycles. The van der Waals surface area contributed by atoms with Gasteiger partial charge in [0, 0.05) is 61.8 Å². The topological polar surface area (TPSA) is 128 Å². The van der Waals surface area contributed by atoms with Gasteiger partial charge in [0.05, 0.1) is 25.4 Å². The number of ether oxygens (including phenoxy) is 2. The fourth-order valence-electron chi connectivity index (χ4n) is 4.86. The van der Waals surface area contributed by atoms with Crippen molar-refractivity contribution in [1.82, 2.24) is 29.7 Å². The largest absolute Gasteiger partial charge is 0.493 e. The number of nitrogens with two attached hydrogens (primary N) is 1. The smallest absolute Gasteiger partial charge is 0.269 e. The molecule has 3 N–H and O–H groups in total. The highest BCUT2D eigenvalue weighted by Crippen LogP contribution is 2.33. The Morgan fingerprint density at radius 2 is 1.67 bits per heavy atom. The lowest BCUT2D eigenvalue weighted by Gasteiger charge is -2.32. The van der Waals surface area contributed by atoms with E-state index in [1.54, 1.807) is 43.1 Å². The Balaban J connectivity index is 1.25. The average Bonchev–Trinajstić information content (AvgIpc) is 3.02. The van der Waals surface area contributed by atoms with E-state index < -0.39 is 0 Å². The molecule has 0 bridgehead atoms. The van der Waals surface area contributed by atoms with Gasteiger partial charge in [-0.25, -0.2) is 9.97 Å². The minimum Gasteiger partial charge on any atom is -0.493 e. The highest BCUT2D eigenvalue weighted by atomic mass is 32.1. The number of rotatable bonds is 8. The van der Waals surface area contributed by atoms with Crippen LogP contribution in [0.3, 0.4) is 0 Å². The van der Waals surface area contributed by atoms with E-state index >= 15 is 0 Å². The molecule has 0 spiro atoms. The summed E-state index contributed by atoms with van der Waals surface area (Å²) in [6, 6.07) is 16.1. The number of piperazine rings is 1. The quantitative estimate of drug-likeness (QED) is 0.299. The third-order valence-corrected chi connectivity index (χ3v) is 7.65. The summed E-state index contributed by atoms with van der Waals surface area (Å²) < 4.78 is 12.7. The number of aromatic nitrogens is 3. The van der Waals surface area contributed by atoms with Crippen LogP contribution in [0.2, 0.25) is 0 Å². The van der Waals surface area contributed by atoms with Gasteiger partial charge in [0.25, 0.3) is 11.8 Å². The van der Waals surface area contributed by atoms with E-state index in [0.29, 0.717) is 46.0 Å². The Morgan fingerprint density at radius 1 is 0.976 bits per heavy atom. The van der Waals surface area contributed by atoms with Crippen molar-refractivity contribution < 1.29 is 19.1 Å². The number of nitrogen functional groups attached to an aromatic ring is 1. The van der Waals surface area contributed by atoms with Crippen LogP contribution in [0.25, 0.3) is 22.2 Å². The highest BCUT2D eigenvalue weighted by Gasteiger charge is 2.20. The summed E-state index contributed by atoms with van der Waals surface area (Å²) in [5, 5.41) is 3.55. The van der Waals surface area contributed by atoms with Gasteiger partial charge >= 0.3 is 0 Å². The second kappa shape index (κ2) is 12.5. The summed E-state index contributed by atoms with van der Waals surface area (Å²) >= 11 is 5.47. The van der Waals surface area contributed by atoms with Crippen LogP contribution in [0, 0.1) is 4.77 Å². The van der Waals surface area contributed by atoms with E-state index in [1.165, 1.54) is 0 Å². The van der Waals surface area contributed by atoms with Gasteiger partial charge in [-0.3, -0.25) is 9.59 Å².